The van der Waals surface area contributed by atoms with Crippen LogP contribution in [-0.2, 0) is 17.3 Å². The van der Waals surface area contributed by atoms with Crippen molar-refractivity contribution >= 4 is 17.6 Å². The average molecular weight is 277 g/mol. The molecule has 6 heteroatoms. The summed E-state index contributed by atoms with van der Waals surface area (Å²) < 4.78 is 54.6. The van der Waals surface area contributed by atoms with Crippen LogP contribution in [0.25, 0.3) is 0 Å². The van der Waals surface area contributed by atoms with Crippen molar-refractivity contribution in [2.24, 2.45) is 4.40 Å². The Kier molecular flexibility index (Phi) is 4.45. The quantitative estimate of drug-likeness (QED) is 0.615. The van der Waals surface area contributed by atoms with Crippen LogP contribution in [0.4, 0.5) is 13.2 Å². The van der Waals surface area contributed by atoms with E-state index >= 15 is 0 Å². The van der Waals surface area contributed by atoms with Gasteiger partial charge in [-0.05, 0) is 32.9 Å². The van der Waals surface area contributed by atoms with Crippen LogP contribution in [0.2, 0.25) is 0 Å². The van der Waals surface area contributed by atoms with Crippen molar-refractivity contribution in [2.75, 3.05) is 0 Å². The molecule has 1 unspecified atom stereocenters. The van der Waals surface area contributed by atoms with Gasteiger partial charge in [0.2, 0.25) is 0 Å². The number of alkyl halides is 2. The van der Waals surface area contributed by atoms with Gasteiger partial charge >= 0.3 is 5.92 Å². The second-order valence-corrected chi connectivity index (χ2v) is 6.63. The fraction of sp³-hybridized carbons (Fsp3) is 0.417. The zero-order valence-corrected chi connectivity index (χ0v) is 11.1. The molecule has 0 spiro atoms. The largest absolute Gasteiger partial charge is 0.591 e. The topological polar surface area (TPSA) is 35.4 Å². The summed E-state index contributed by atoms with van der Waals surface area (Å²) >= 11 is -1.80. The second kappa shape index (κ2) is 5.32. The lowest BCUT2D eigenvalue weighted by atomic mass is 10.1. The number of benzene rings is 1. The maximum Gasteiger partial charge on any atom is 0.315 e. The number of rotatable bonds is 3. The summed E-state index contributed by atoms with van der Waals surface area (Å²) in [7, 11) is 0. The van der Waals surface area contributed by atoms with Crippen LogP contribution in [-0.4, -0.2) is 15.5 Å². The zero-order valence-electron chi connectivity index (χ0n) is 10.3. The molecule has 0 radical (unpaired) electrons. The van der Waals surface area contributed by atoms with Gasteiger partial charge in [0, 0.05) is 0 Å². The number of hydrogen-bond donors (Lipinski definition) is 0. The molecule has 0 fully saturated rings. The van der Waals surface area contributed by atoms with Gasteiger partial charge in [-0.25, -0.2) is 4.39 Å². The van der Waals surface area contributed by atoms with E-state index in [4.69, 9.17) is 0 Å². The first kappa shape index (κ1) is 15.0. The van der Waals surface area contributed by atoms with E-state index in [9.17, 15) is 17.7 Å². The molecule has 18 heavy (non-hydrogen) atoms. The summed E-state index contributed by atoms with van der Waals surface area (Å²) in [5, 5.41) is 0. The van der Waals surface area contributed by atoms with E-state index in [0.717, 1.165) is 12.1 Å². The Morgan fingerprint density at radius 1 is 1.22 bits per heavy atom. The van der Waals surface area contributed by atoms with Gasteiger partial charge in [0.25, 0.3) is 0 Å². The normalized spacial score (nSPS) is 15.1. The van der Waals surface area contributed by atoms with Crippen molar-refractivity contribution in [1.29, 1.82) is 0 Å². The highest BCUT2D eigenvalue weighted by Gasteiger charge is 2.35. The van der Waals surface area contributed by atoms with Crippen LogP contribution in [0.1, 0.15) is 26.3 Å². The van der Waals surface area contributed by atoms with Crippen molar-refractivity contribution < 1.29 is 17.7 Å². The molecule has 0 aliphatic rings. The van der Waals surface area contributed by atoms with Crippen molar-refractivity contribution in [3.8, 4) is 0 Å². The minimum absolute atomic E-state index is 0.243. The molecule has 0 saturated carbocycles. The molecule has 0 aliphatic heterocycles. The highest BCUT2D eigenvalue weighted by molar-refractivity contribution is 7.91. The van der Waals surface area contributed by atoms with Gasteiger partial charge in [-0.3, -0.25) is 0 Å². The molecule has 0 bridgehead atoms. The third kappa shape index (κ3) is 3.74. The van der Waals surface area contributed by atoms with Gasteiger partial charge in [0.05, 0.1) is 5.56 Å². The zero-order chi connectivity index (χ0) is 14.0. The molecule has 100 valence electrons. The molecule has 0 heterocycles. The van der Waals surface area contributed by atoms with Crippen molar-refractivity contribution in [3.05, 3.63) is 35.6 Å². The fourth-order valence-corrected chi connectivity index (χ4v) is 1.62. The first-order chi connectivity index (χ1) is 8.14. The van der Waals surface area contributed by atoms with Crippen LogP contribution < -0.4 is 0 Å². The van der Waals surface area contributed by atoms with E-state index < -0.39 is 33.4 Å². The smallest absolute Gasteiger partial charge is 0.315 e. The predicted octanol–water partition coefficient (Wildman–Crippen LogP) is 3.45. The lowest BCUT2D eigenvalue weighted by Gasteiger charge is -2.19. The molecule has 1 aromatic carbocycles. The molecule has 2 nitrogen and oxygen atoms in total. The van der Waals surface area contributed by atoms with Gasteiger partial charge in [-0.1, -0.05) is 16.5 Å². The second-order valence-electron chi connectivity index (χ2n) is 4.70. The van der Waals surface area contributed by atoms with Gasteiger partial charge < -0.3 is 4.55 Å². The summed E-state index contributed by atoms with van der Waals surface area (Å²) in [4.78, 5) is 0. The summed E-state index contributed by atoms with van der Waals surface area (Å²) in [6.45, 7) is 4.84. The Morgan fingerprint density at radius 3 is 2.28 bits per heavy atom. The van der Waals surface area contributed by atoms with E-state index in [0.29, 0.717) is 0 Å². The summed E-state index contributed by atoms with van der Waals surface area (Å²) in [6, 6.07) is 4.54. The first-order valence-corrected chi connectivity index (χ1v) is 6.35. The Hall–Kier alpha value is -1.01. The van der Waals surface area contributed by atoms with E-state index in [-0.39, 0.29) is 6.21 Å². The van der Waals surface area contributed by atoms with Crippen LogP contribution in [0, 0.1) is 5.82 Å². The third-order valence-electron chi connectivity index (χ3n) is 2.07. The number of hydrogen-bond acceptors (Lipinski definition) is 2. The molecule has 0 N–H and O–H groups in total. The summed E-state index contributed by atoms with van der Waals surface area (Å²) in [5.41, 5.74) is -0.778. The minimum Gasteiger partial charge on any atom is -0.591 e. The van der Waals surface area contributed by atoms with Crippen LogP contribution in [0.5, 0.6) is 0 Å². The molecule has 0 saturated heterocycles. The monoisotopic (exact) mass is 277 g/mol. The molecule has 0 aromatic heterocycles. The third-order valence-corrected chi connectivity index (χ3v) is 3.41. The van der Waals surface area contributed by atoms with Gasteiger partial charge in [-0.15, -0.1) is 0 Å². The number of halogens is 3. The van der Waals surface area contributed by atoms with Gasteiger partial charge in [0.1, 0.15) is 28.1 Å². The SMILES string of the molecule is CC(C)(C)[S+]([O-])/N=C\C(F)(F)c1ccccc1F. The predicted molar refractivity (Wildman–Crippen MR) is 66.7 cm³/mol. The van der Waals surface area contributed by atoms with E-state index in [2.05, 4.69) is 4.40 Å². The molecule has 1 rings (SSSR count). The summed E-state index contributed by atoms with van der Waals surface area (Å²) in [6.07, 6.45) is 0.243. The minimum atomic E-state index is -3.58. The Balaban J connectivity index is 2.96. The Bertz CT molecular complexity index is 443. The fourth-order valence-electron chi connectivity index (χ4n) is 1.07. The maximum atomic E-state index is 13.6. The average Bonchev–Trinajstić information content (AvgIpc) is 2.25. The first-order valence-electron chi connectivity index (χ1n) is 5.24. The maximum absolute atomic E-state index is 13.6. The van der Waals surface area contributed by atoms with E-state index in [1.807, 2.05) is 0 Å². The number of nitrogens with zero attached hydrogens (tertiary/aromatic N) is 1. The summed E-state index contributed by atoms with van der Waals surface area (Å²) in [5.74, 6) is -4.60. The molecule has 1 aromatic rings. The highest BCUT2D eigenvalue weighted by Crippen LogP contribution is 2.29. The van der Waals surface area contributed by atoms with Gasteiger partial charge in [0.15, 0.2) is 0 Å². The van der Waals surface area contributed by atoms with Crippen LogP contribution in [0.15, 0.2) is 28.7 Å². The van der Waals surface area contributed by atoms with Crippen molar-refractivity contribution in [3.63, 3.8) is 0 Å². The van der Waals surface area contributed by atoms with Crippen molar-refractivity contribution in [2.45, 2.75) is 31.4 Å². The molecular formula is C12H14F3NOS. The van der Waals surface area contributed by atoms with Crippen LogP contribution >= 0.6 is 0 Å². The Morgan fingerprint density at radius 2 is 1.78 bits per heavy atom. The highest BCUT2D eigenvalue weighted by atomic mass is 32.2. The van der Waals surface area contributed by atoms with Crippen LogP contribution in [0.3, 0.4) is 0 Å². The molecule has 1 atom stereocenters. The molecular weight excluding hydrogens is 263 g/mol. The molecule has 0 aliphatic carbocycles. The molecule has 0 amide bonds. The van der Waals surface area contributed by atoms with Gasteiger partial charge in [-0.2, -0.15) is 8.78 Å². The standard InChI is InChI=1S/C12H14F3NOS/c1-11(2,3)18(17)16-8-12(14,15)9-6-4-5-7-10(9)13/h4-8H,1-3H3/b16-8-. The van der Waals surface area contributed by atoms with E-state index in [1.165, 1.54) is 12.1 Å². The van der Waals surface area contributed by atoms with Crippen molar-refractivity contribution in [1.82, 2.24) is 0 Å². The van der Waals surface area contributed by atoms with E-state index in [1.54, 1.807) is 20.8 Å². The Labute approximate surface area is 107 Å². The lowest BCUT2D eigenvalue weighted by Crippen LogP contribution is -2.27. The lowest BCUT2D eigenvalue weighted by molar-refractivity contribution is 0.0778.